The Morgan fingerprint density at radius 3 is 2.31 bits per heavy atom. The minimum atomic E-state index is -4.41. The largest absolute Gasteiger partial charge is 0.416 e. The second-order valence-corrected chi connectivity index (χ2v) is 6.54. The van der Waals surface area contributed by atoms with E-state index < -0.39 is 11.7 Å². The predicted octanol–water partition coefficient (Wildman–Crippen LogP) is 5.13. The monoisotopic (exact) mass is 372 g/mol. The molecule has 0 aliphatic rings. The molecule has 130 valence electrons. The Bertz CT molecular complexity index is 1130. The van der Waals surface area contributed by atoms with E-state index in [1.807, 2.05) is 35.7 Å². The third-order valence-corrected chi connectivity index (χ3v) is 4.99. The zero-order valence-corrected chi connectivity index (χ0v) is 14.0. The fraction of sp³-hybridized carbons (Fsp3) is 0.0526. The molecule has 3 nitrogen and oxygen atoms in total. The lowest BCUT2D eigenvalue weighted by atomic mass is 10.1. The van der Waals surface area contributed by atoms with Gasteiger partial charge in [0.1, 0.15) is 11.0 Å². The summed E-state index contributed by atoms with van der Waals surface area (Å²) in [7, 11) is 0. The molecule has 0 radical (unpaired) electrons. The maximum atomic E-state index is 12.8. The van der Waals surface area contributed by atoms with Crippen molar-refractivity contribution >= 4 is 21.6 Å². The summed E-state index contributed by atoms with van der Waals surface area (Å²) in [6.07, 6.45) is -3.06. The molecule has 26 heavy (non-hydrogen) atoms. The van der Waals surface area contributed by atoms with Crippen LogP contribution in [0.3, 0.4) is 0 Å². The molecule has 4 rings (SSSR count). The highest BCUT2D eigenvalue weighted by Crippen LogP contribution is 2.31. The maximum absolute atomic E-state index is 12.8. The molecule has 0 fully saturated rings. The van der Waals surface area contributed by atoms with Crippen LogP contribution in [0.5, 0.6) is 0 Å². The summed E-state index contributed by atoms with van der Waals surface area (Å²) in [5.74, 6) is 0. The molecule has 0 N–H and O–H groups in total. The third-order valence-electron chi connectivity index (χ3n) is 4.04. The molecule has 0 atom stereocenters. The number of hydrogen-bond acceptors (Lipinski definition) is 3. The molecule has 7 heteroatoms. The van der Waals surface area contributed by atoms with Gasteiger partial charge in [0, 0.05) is 10.9 Å². The van der Waals surface area contributed by atoms with Crippen LogP contribution in [-0.4, -0.2) is 9.55 Å². The van der Waals surface area contributed by atoms with Gasteiger partial charge in [-0.15, -0.1) is 11.3 Å². The normalized spacial score (nSPS) is 11.8. The van der Waals surface area contributed by atoms with E-state index in [9.17, 15) is 18.0 Å². The van der Waals surface area contributed by atoms with Gasteiger partial charge in [0.05, 0.1) is 16.8 Å². The summed E-state index contributed by atoms with van der Waals surface area (Å²) < 4.78 is 39.8. The first-order chi connectivity index (χ1) is 12.4. The number of benzene rings is 2. The van der Waals surface area contributed by atoms with E-state index in [1.165, 1.54) is 34.4 Å². The first kappa shape index (κ1) is 16.5. The smallest absolute Gasteiger partial charge is 0.267 e. The highest BCUT2D eigenvalue weighted by atomic mass is 32.1. The summed E-state index contributed by atoms with van der Waals surface area (Å²) in [6, 6.07) is 14.0. The quantitative estimate of drug-likeness (QED) is 0.489. The number of alkyl halides is 3. The molecule has 2 aromatic carbocycles. The molecule has 4 aromatic rings. The highest BCUT2D eigenvalue weighted by molar-refractivity contribution is 7.17. The van der Waals surface area contributed by atoms with Crippen LogP contribution in [0.25, 0.3) is 27.0 Å². The number of rotatable bonds is 2. The van der Waals surface area contributed by atoms with Crippen molar-refractivity contribution in [3.8, 4) is 16.8 Å². The number of nitrogens with zero attached hydrogens (tertiary/aromatic N) is 2. The Morgan fingerprint density at radius 1 is 0.962 bits per heavy atom. The van der Waals surface area contributed by atoms with Gasteiger partial charge in [-0.1, -0.05) is 30.3 Å². The standard InChI is InChI=1S/C19H11F3N2OS/c20-19(21,22)13-6-8-14(9-7-13)24-11-23-16-15(10-26-17(16)18(24)25)12-4-2-1-3-5-12/h1-11H. The van der Waals surface area contributed by atoms with Gasteiger partial charge in [-0.25, -0.2) is 4.98 Å². The summed E-state index contributed by atoms with van der Waals surface area (Å²) >= 11 is 1.28. The molecule has 0 unspecified atom stereocenters. The van der Waals surface area contributed by atoms with Crippen LogP contribution in [0, 0.1) is 0 Å². The first-order valence-electron chi connectivity index (χ1n) is 7.67. The Hall–Kier alpha value is -2.93. The van der Waals surface area contributed by atoms with Crippen molar-refractivity contribution in [3.63, 3.8) is 0 Å². The maximum Gasteiger partial charge on any atom is 0.416 e. The SMILES string of the molecule is O=c1c2scc(-c3ccccc3)c2ncn1-c1ccc(C(F)(F)F)cc1. The predicted molar refractivity (Wildman–Crippen MR) is 95.7 cm³/mol. The van der Waals surface area contributed by atoms with E-state index in [-0.39, 0.29) is 5.56 Å². The van der Waals surface area contributed by atoms with E-state index in [0.717, 1.165) is 23.3 Å². The van der Waals surface area contributed by atoms with Crippen LogP contribution < -0.4 is 5.56 Å². The van der Waals surface area contributed by atoms with Gasteiger partial charge in [-0.2, -0.15) is 13.2 Å². The van der Waals surface area contributed by atoms with Crippen LogP contribution in [0.2, 0.25) is 0 Å². The van der Waals surface area contributed by atoms with Crippen molar-refractivity contribution in [3.05, 3.63) is 82.2 Å². The Kier molecular flexibility index (Phi) is 3.88. The van der Waals surface area contributed by atoms with E-state index in [0.29, 0.717) is 15.9 Å². The first-order valence-corrected chi connectivity index (χ1v) is 8.55. The summed E-state index contributed by atoms with van der Waals surface area (Å²) in [5, 5.41) is 1.87. The molecular weight excluding hydrogens is 361 g/mol. The van der Waals surface area contributed by atoms with Crippen molar-refractivity contribution in [2.45, 2.75) is 6.18 Å². The average molecular weight is 372 g/mol. The number of aromatic nitrogens is 2. The van der Waals surface area contributed by atoms with Gasteiger partial charge in [-0.3, -0.25) is 9.36 Å². The third kappa shape index (κ3) is 2.80. The zero-order chi connectivity index (χ0) is 18.3. The van der Waals surface area contributed by atoms with Crippen LogP contribution >= 0.6 is 11.3 Å². The van der Waals surface area contributed by atoms with Gasteiger partial charge in [-0.05, 0) is 29.8 Å². The number of thiophene rings is 1. The average Bonchev–Trinajstić information content (AvgIpc) is 3.07. The minimum Gasteiger partial charge on any atom is -0.267 e. The van der Waals surface area contributed by atoms with Gasteiger partial charge < -0.3 is 0 Å². The lowest BCUT2D eigenvalue weighted by molar-refractivity contribution is -0.137. The molecule has 0 saturated heterocycles. The zero-order valence-electron chi connectivity index (χ0n) is 13.2. The molecule has 0 aliphatic carbocycles. The van der Waals surface area contributed by atoms with Crippen LogP contribution in [0.1, 0.15) is 5.56 Å². The lowest BCUT2D eigenvalue weighted by Gasteiger charge is -2.09. The molecule has 2 heterocycles. The number of hydrogen-bond donors (Lipinski definition) is 0. The second-order valence-electron chi connectivity index (χ2n) is 5.66. The van der Waals surface area contributed by atoms with Gasteiger partial charge in [0.15, 0.2) is 0 Å². The van der Waals surface area contributed by atoms with E-state index in [1.54, 1.807) is 0 Å². The van der Waals surface area contributed by atoms with Crippen LogP contribution in [-0.2, 0) is 6.18 Å². The van der Waals surface area contributed by atoms with Crippen LogP contribution in [0.15, 0.2) is 71.1 Å². The fourth-order valence-corrected chi connectivity index (χ4v) is 3.68. The lowest BCUT2D eigenvalue weighted by Crippen LogP contribution is -2.18. The molecular formula is C19H11F3N2OS. The summed E-state index contributed by atoms with van der Waals surface area (Å²) in [4.78, 5) is 17.1. The molecule has 2 aromatic heterocycles. The summed E-state index contributed by atoms with van der Waals surface area (Å²) in [5.41, 5.74) is 1.69. The molecule has 0 spiro atoms. The van der Waals surface area contributed by atoms with Crippen molar-refractivity contribution in [1.82, 2.24) is 9.55 Å². The Morgan fingerprint density at radius 2 is 1.65 bits per heavy atom. The van der Waals surface area contributed by atoms with E-state index >= 15 is 0 Å². The molecule has 0 bridgehead atoms. The topological polar surface area (TPSA) is 34.9 Å². The van der Waals surface area contributed by atoms with Gasteiger partial charge in [0.25, 0.3) is 5.56 Å². The van der Waals surface area contributed by atoms with Crippen molar-refractivity contribution < 1.29 is 13.2 Å². The summed E-state index contributed by atoms with van der Waals surface area (Å²) in [6.45, 7) is 0. The molecule has 0 saturated carbocycles. The van der Waals surface area contributed by atoms with Crippen molar-refractivity contribution in [1.29, 1.82) is 0 Å². The Labute approximate surface area is 150 Å². The number of fused-ring (bicyclic) bond motifs is 1. The van der Waals surface area contributed by atoms with E-state index in [4.69, 9.17) is 0 Å². The molecule has 0 amide bonds. The van der Waals surface area contributed by atoms with Gasteiger partial charge >= 0.3 is 6.18 Å². The van der Waals surface area contributed by atoms with Crippen molar-refractivity contribution in [2.24, 2.45) is 0 Å². The minimum absolute atomic E-state index is 0.304. The second kappa shape index (κ2) is 6.10. The van der Waals surface area contributed by atoms with E-state index in [2.05, 4.69) is 4.98 Å². The van der Waals surface area contributed by atoms with Gasteiger partial charge in [0.2, 0.25) is 0 Å². The number of halogens is 3. The fourth-order valence-electron chi connectivity index (χ4n) is 2.73. The van der Waals surface area contributed by atoms with Crippen LogP contribution in [0.4, 0.5) is 13.2 Å². The van der Waals surface area contributed by atoms with Crippen molar-refractivity contribution in [2.75, 3.05) is 0 Å². The molecule has 0 aliphatic heterocycles. The Balaban J connectivity index is 1.81. The highest BCUT2D eigenvalue weighted by Gasteiger charge is 2.30.